The number of furan rings is 1. The van der Waals surface area contributed by atoms with E-state index < -0.39 is 5.97 Å². The second kappa shape index (κ2) is 9.07. The van der Waals surface area contributed by atoms with Crippen molar-refractivity contribution in [2.45, 2.75) is 6.92 Å². The number of rotatable bonds is 6. The van der Waals surface area contributed by atoms with E-state index in [1.807, 2.05) is 6.92 Å². The molecule has 0 atom stereocenters. The highest BCUT2D eigenvalue weighted by molar-refractivity contribution is 5.94. The van der Waals surface area contributed by atoms with Gasteiger partial charge in [0.15, 0.2) is 12.4 Å². The zero-order valence-corrected chi connectivity index (χ0v) is 15.6. The highest BCUT2D eigenvalue weighted by Crippen LogP contribution is 2.19. The maximum atomic E-state index is 12.3. The zero-order chi connectivity index (χ0) is 19.9. The summed E-state index contributed by atoms with van der Waals surface area (Å²) in [7, 11) is 0. The Kier molecular flexibility index (Phi) is 6.31. The molecule has 28 heavy (non-hydrogen) atoms. The number of carbonyl (C=O) groups is 3. The fraction of sp³-hybridized carbons (Fsp3) is 0.350. The van der Waals surface area contributed by atoms with Gasteiger partial charge >= 0.3 is 5.97 Å². The predicted molar refractivity (Wildman–Crippen MR) is 99.1 cm³/mol. The maximum absolute atomic E-state index is 12.3. The summed E-state index contributed by atoms with van der Waals surface area (Å²) >= 11 is 0. The quantitative estimate of drug-likeness (QED) is 0.704. The average molecular weight is 386 g/mol. The third-order valence-corrected chi connectivity index (χ3v) is 4.39. The molecule has 0 aliphatic carbocycles. The Morgan fingerprint density at radius 3 is 2.39 bits per heavy atom. The van der Waals surface area contributed by atoms with Gasteiger partial charge in [0.2, 0.25) is 0 Å². The van der Waals surface area contributed by atoms with Gasteiger partial charge in [-0.25, -0.2) is 4.79 Å². The molecule has 0 unspecified atom stereocenters. The number of esters is 1. The first-order valence-electron chi connectivity index (χ1n) is 9.09. The highest BCUT2D eigenvalue weighted by Gasteiger charge is 2.26. The van der Waals surface area contributed by atoms with Crippen LogP contribution in [-0.4, -0.2) is 67.0 Å². The van der Waals surface area contributed by atoms with Crippen molar-refractivity contribution in [3.63, 3.8) is 0 Å². The number of para-hydroxylation sites is 1. The summed E-state index contributed by atoms with van der Waals surface area (Å²) in [6.45, 7) is 3.42. The highest BCUT2D eigenvalue weighted by atomic mass is 16.5. The largest absolute Gasteiger partial charge is 0.493 e. The summed E-state index contributed by atoms with van der Waals surface area (Å²) in [5, 5.41) is 0. The molecule has 1 aromatic carbocycles. The number of carbonyl (C=O) groups excluding carboxylic acids is 3. The summed E-state index contributed by atoms with van der Waals surface area (Å²) in [4.78, 5) is 40.1. The zero-order valence-electron chi connectivity index (χ0n) is 15.6. The first-order chi connectivity index (χ1) is 13.6. The minimum Gasteiger partial charge on any atom is -0.493 e. The maximum Gasteiger partial charge on any atom is 0.342 e. The van der Waals surface area contributed by atoms with E-state index in [9.17, 15) is 14.4 Å². The lowest BCUT2D eigenvalue weighted by Crippen LogP contribution is -2.51. The van der Waals surface area contributed by atoms with Crippen molar-refractivity contribution in [3.8, 4) is 5.75 Å². The van der Waals surface area contributed by atoms with Crippen LogP contribution in [0.3, 0.4) is 0 Å². The van der Waals surface area contributed by atoms with E-state index in [1.54, 1.807) is 46.2 Å². The number of ether oxygens (including phenoxy) is 2. The van der Waals surface area contributed by atoms with E-state index in [2.05, 4.69) is 0 Å². The minimum atomic E-state index is -0.607. The molecular formula is C20H22N2O6. The van der Waals surface area contributed by atoms with E-state index >= 15 is 0 Å². The van der Waals surface area contributed by atoms with E-state index in [1.165, 1.54) is 6.26 Å². The molecule has 1 aromatic heterocycles. The molecule has 3 rings (SSSR count). The molecule has 8 nitrogen and oxygen atoms in total. The van der Waals surface area contributed by atoms with Gasteiger partial charge in [-0.2, -0.15) is 0 Å². The van der Waals surface area contributed by atoms with Crippen molar-refractivity contribution in [2.75, 3.05) is 39.4 Å². The molecule has 0 N–H and O–H groups in total. The van der Waals surface area contributed by atoms with Crippen molar-refractivity contribution in [2.24, 2.45) is 0 Å². The molecule has 1 fully saturated rings. The fourth-order valence-corrected chi connectivity index (χ4v) is 2.93. The Bertz CT molecular complexity index is 825. The second-order valence-corrected chi connectivity index (χ2v) is 6.16. The summed E-state index contributed by atoms with van der Waals surface area (Å²) in [6.07, 6.45) is 1.45. The van der Waals surface area contributed by atoms with Gasteiger partial charge in [-0.15, -0.1) is 0 Å². The first-order valence-corrected chi connectivity index (χ1v) is 9.09. The third kappa shape index (κ3) is 4.51. The molecule has 2 aromatic rings. The average Bonchev–Trinajstić information content (AvgIpc) is 3.27. The second-order valence-electron chi connectivity index (χ2n) is 6.16. The Hall–Kier alpha value is -3.29. The van der Waals surface area contributed by atoms with Crippen LogP contribution in [0.5, 0.6) is 5.75 Å². The Morgan fingerprint density at radius 2 is 1.71 bits per heavy atom. The summed E-state index contributed by atoms with van der Waals surface area (Å²) in [5.74, 6) is -0.401. The molecule has 1 saturated heterocycles. The van der Waals surface area contributed by atoms with Gasteiger partial charge in [-0.3, -0.25) is 9.59 Å². The van der Waals surface area contributed by atoms with Crippen LogP contribution in [-0.2, 0) is 9.53 Å². The number of hydrogen-bond donors (Lipinski definition) is 0. The minimum absolute atomic E-state index is 0.198. The van der Waals surface area contributed by atoms with E-state index in [4.69, 9.17) is 13.9 Å². The Balaban J connectivity index is 1.48. The van der Waals surface area contributed by atoms with Crippen molar-refractivity contribution >= 4 is 17.8 Å². The standard InChI is InChI=1S/C20H22N2O6/c1-2-26-16-7-4-3-6-15(16)20(25)28-14-18(23)21-9-11-22(12-10-21)19(24)17-8-5-13-27-17/h3-8,13H,2,9-12,14H2,1H3. The first kappa shape index (κ1) is 19.5. The molecule has 0 radical (unpaired) electrons. The molecule has 1 aliphatic rings. The van der Waals surface area contributed by atoms with Crippen molar-refractivity contribution < 1.29 is 28.3 Å². The van der Waals surface area contributed by atoms with Gasteiger partial charge in [0.05, 0.1) is 12.9 Å². The monoisotopic (exact) mass is 386 g/mol. The van der Waals surface area contributed by atoms with Gasteiger partial charge in [0, 0.05) is 26.2 Å². The van der Waals surface area contributed by atoms with Gasteiger partial charge < -0.3 is 23.7 Å². The molecule has 0 saturated carbocycles. The van der Waals surface area contributed by atoms with Crippen molar-refractivity contribution in [1.82, 2.24) is 9.80 Å². The smallest absolute Gasteiger partial charge is 0.342 e. The number of piperazine rings is 1. The summed E-state index contributed by atoms with van der Waals surface area (Å²) in [5.41, 5.74) is 0.283. The van der Waals surface area contributed by atoms with Crippen LogP contribution in [0.2, 0.25) is 0 Å². The van der Waals surface area contributed by atoms with Crippen LogP contribution in [0.15, 0.2) is 47.1 Å². The molecule has 8 heteroatoms. The van der Waals surface area contributed by atoms with E-state index in [0.717, 1.165) is 0 Å². The SMILES string of the molecule is CCOc1ccccc1C(=O)OCC(=O)N1CCN(C(=O)c2ccco2)CC1. The molecule has 0 spiro atoms. The van der Waals surface area contributed by atoms with Crippen molar-refractivity contribution in [1.29, 1.82) is 0 Å². The van der Waals surface area contributed by atoms with Gasteiger partial charge in [-0.1, -0.05) is 12.1 Å². The number of hydrogen-bond acceptors (Lipinski definition) is 6. The van der Waals surface area contributed by atoms with E-state index in [-0.39, 0.29) is 29.7 Å². The lowest BCUT2D eigenvalue weighted by molar-refractivity contribution is -0.136. The van der Waals surface area contributed by atoms with Crippen molar-refractivity contribution in [3.05, 3.63) is 54.0 Å². The van der Waals surface area contributed by atoms with Crippen LogP contribution in [0.4, 0.5) is 0 Å². The molecular weight excluding hydrogens is 364 g/mol. The lowest BCUT2D eigenvalue weighted by Gasteiger charge is -2.34. The van der Waals surface area contributed by atoms with Gasteiger partial charge in [0.25, 0.3) is 11.8 Å². The van der Waals surface area contributed by atoms with Crippen LogP contribution in [0.25, 0.3) is 0 Å². The van der Waals surface area contributed by atoms with Crippen LogP contribution >= 0.6 is 0 Å². The number of nitrogens with zero attached hydrogens (tertiary/aromatic N) is 2. The van der Waals surface area contributed by atoms with Crippen LogP contribution in [0, 0.1) is 0 Å². The predicted octanol–water partition coefficient (Wildman–Crippen LogP) is 1.82. The number of amides is 2. The molecule has 1 aliphatic heterocycles. The lowest BCUT2D eigenvalue weighted by atomic mass is 10.2. The summed E-state index contributed by atoms with van der Waals surface area (Å²) < 4.78 is 15.7. The number of benzene rings is 1. The van der Waals surface area contributed by atoms with Crippen LogP contribution in [0.1, 0.15) is 27.8 Å². The molecule has 0 bridgehead atoms. The molecule has 148 valence electrons. The van der Waals surface area contributed by atoms with E-state index in [0.29, 0.717) is 38.5 Å². The summed E-state index contributed by atoms with van der Waals surface area (Å²) in [6, 6.07) is 10.0. The van der Waals surface area contributed by atoms with Gasteiger partial charge in [-0.05, 0) is 31.2 Å². The van der Waals surface area contributed by atoms with Crippen LogP contribution < -0.4 is 4.74 Å². The Morgan fingerprint density at radius 1 is 1.00 bits per heavy atom. The normalized spacial score (nSPS) is 13.9. The molecule has 2 heterocycles. The van der Waals surface area contributed by atoms with Gasteiger partial charge in [0.1, 0.15) is 11.3 Å². The topological polar surface area (TPSA) is 89.3 Å². The fourth-order valence-electron chi connectivity index (χ4n) is 2.93. The third-order valence-electron chi connectivity index (χ3n) is 4.39. The molecule has 2 amide bonds. The Labute approximate surface area is 162 Å².